The molecule has 11 heteroatoms. The van der Waals surface area contributed by atoms with E-state index in [1.807, 2.05) is 0 Å². The fourth-order valence-electron chi connectivity index (χ4n) is 3.15. The highest BCUT2D eigenvalue weighted by Gasteiger charge is 2.26. The van der Waals surface area contributed by atoms with E-state index in [-0.39, 0.29) is 35.3 Å². The maximum Gasteiger partial charge on any atom is 0.261 e. The second kappa shape index (κ2) is 10.0. The highest BCUT2D eigenvalue weighted by atomic mass is 35.5. The number of amides is 1. The van der Waals surface area contributed by atoms with Crippen LogP contribution in [0.25, 0.3) is 6.08 Å². The van der Waals surface area contributed by atoms with Gasteiger partial charge in [-0.2, -0.15) is 4.31 Å². The number of hydrogen-bond donors (Lipinski definition) is 1. The van der Waals surface area contributed by atoms with Gasteiger partial charge in [0.25, 0.3) is 10.0 Å². The lowest BCUT2D eigenvalue weighted by Gasteiger charge is -2.33. The van der Waals surface area contributed by atoms with Gasteiger partial charge in [0.15, 0.2) is 0 Å². The maximum atomic E-state index is 12.6. The van der Waals surface area contributed by atoms with Gasteiger partial charge in [0, 0.05) is 32.3 Å². The van der Waals surface area contributed by atoms with Gasteiger partial charge in [-0.15, -0.1) is 0 Å². The number of piperazine rings is 1. The Morgan fingerprint density at radius 2 is 1.62 bits per heavy atom. The molecule has 1 saturated heterocycles. The molecule has 2 aromatic rings. The van der Waals surface area contributed by atoms with E-state index in [9.17, 15) is 21.6 Å². The van der Waals surface area contributed by atoms with Crippen molar-refractivity contribution in [2.45, 2.75) is 11.8 Å². The van der Waals surface area contributed by atoms with Crippen molar-refractivity contribution in [3.63, 3.8) is 0 Å². The summed E-state index contributed by atoms with van der Waals surface area (Å²) in [6, 6.07) is 12.6. The second-order valence-electron chi connectivity index (χ2n) is 7.11. The number of anilines is 1. The molecule has 0 bridgehead atoms. The molecule has 1 heterocycles. The van der Waals surface area contributed by atoms with Crippen molar-refractivity contribution in [1.29, 1.82) is 0 Å². The third-order valence-corrected chi connectivity index (χ3v) is 8.63. The fourth-order valence-corrected chi connectivity index (χ4v) is 5.55. The molecule has 1 aliphatic heterocycles. The van der Waals surface area contributed by atoms with Crippen LogP contribution in [0.1, 0.15) is 12.5 Å². The molecule has 0 aliphatic carbocycles. The van der Waals surface area contributed by atoms with Gasteiger partial charge in [-0.25, -0.2) is 16.8 Å². The van der Waals surface area contributed by atoms with Gasteiger partial charge in [-0.3, -0.25) is 9.52 Å². The van der Waals surface area contributed by atoms with E-state index in [4.69, 9.17) is 11.6 Å². The largest absolute Gasteiger partial charge is 0.337 e. The number of nitrogens with one attached hydrogen (secondary N) is 1. The molecule has 0 unspecified atom stereocenters. The van der Waals surface area contributed by atoms with Crippen LogP contribution in [0, 0.1) is 0 Å². The van der Waals surface area contributed by atoms with Gasteiger partial charge in [0.2, 0.25) is 15.9 Å². The van der Waals surface area contributed by atoms with Crippen LogP contribution < -0.4 is 4.72 Å². The highest BCUT2D eigenvalue weighted by Crippen LogP contribution is 2.24. The number of nitrogens with zero attached hydrogens (tertiary/aromatic N) is 2. The molecule has 2 aromatic carbocycles. The molecular formula is C21H24ClN3O5S2. The molecule has 1 fully saturated rings. The number of carbonyl (C=O) groups excluding carboxylic acids is 1. The number of benzene rings is 2. The SMILES string of the molecule is CCS(=O)(=O)N1CCN(C(=O)/C=C/c2ccc(S(=O)(=O)Nc3ccccc3Cl)cc2)CC1. The van der Waals surface area contributed by atoms with E-state index in [1.54, 1.807) is 54.3 Å². The molecule has 0 spiro atoms. The summed E-state index contributed by atoms with van der Waals surface area (Å²) in [6.45, 7) is 2.81. The van der Waals surface area contributed by atoms with Crippen molar-refractivity contribution in [1.82, 2.24) is 9.21 Å². The van der Waals surface area contributed by atoms with Crippen LogP contribution in [0.3, 0.4) is 0 Å². The van der Waals surface area contributed by atoms with E-state index in [0.717, 1.165) is 0 Å². The van der Waals surface area contributed by atoms with Gasteiger partial charge in [0.1, 0.15) is 0 Å². The van der Waals surface area contributed by atoms with E-state index >= 15 is 0 Å². The molecule has 0 atom stereocenters. The Hall–Kier alpha value is -2.40. The van der Waals surface area contributed by atoms with Gasteiger partial charge in [-0.05, 0) is 42.8 Å². The number of rotatable bonds is 7. The lowest BCUT2D eigenvalue weighted by molar-refractivity contribution is -0.127. The maximum absolute atomic E-state index is 12.6. The quantitative estimate of drug-likeness (QED) is 0.592. The minimum Gasteiger partial charge on any atom is -0.337 e. The Kier molecular flexibility index (Phi) is 7.60. The van der Waals surface area contributed by atoms with Crippen LogP contribution in [0.4, 0.5) is 5.69 Å². The van der Waals surface area contributed by atoms with Crippen LogP contribution in [-0.2, 0) is 24.8 Å². The molecule has 0 saturated carbocycles. The summed E-state index contributed by atoms with van der Waals surface area (Å²) in [6.07, 6.45) is 2.99. The third-order valence-electron chi connectivity index (χ3n) is 5.04. The first-order valence-corrected chi connectivity index (χ1v) is 13.4. The Balaban J connectivity index is 1.61. The van der Waals surface area contributed by atoms with Crippen LogP contribution in [0.2, 0.25) is 5.02 Å². The lowest BCUT2D eigenvalue weighted by atomic mass is 10.2. The molecule has 0 radical (unpaired) electrons. The Labute approximate surface area is 193 Å². The zero-order valence-corrected chi connectivity index (χ0v) is 19.8. The second-order valence-corrected chi connectivity index (χ2v) is 11.5. The first-order valence-electron chi connectivity index (χ1n) is 9.94. The number of hydrogen-bond acceptors (Lipinski definition) is 5. The molecule has 3 rings (SSSR count). The van der Waals surface area contributed by atoms with Crippen LogP contribution >= 0.6 is 11.6 Å². The summed E-state index contributed by atoms with van der Waals surface area (Å²) >= 11 is 6.01. The Bertz CT molecular complexity index is 1200. The summed E-state index contributed by atoms with van der Waals surface area (Å²) < 4.78 is 52.8. The smallest absolute Gasteiger partial charge is 0.261 e. The molecule has 0 aromatic heterocycles. The molecule has 1 N–H and O–H groups in total. The zero-order valence-electron chi connectivity index (χ0n) is 17.4. The standard InChI is InChI=1S/C21H24ClN3O5S2/c1-2-31(27,28)25-15-13-24(14-16-25)21(26)12-9-17-7-10-18(11-8-17)32(29,30)23-20-6-4-3-5-19(20)22/h3-12,23H,2,13-16H2,1H3/b12-9+. The van der Waals surface area contributed by atoms with Crippen molar-refractivity contribution in [3.05, 3.63) is 65.2 Å². The number of carbonyl (C=O) groups is 1. The molecule has 1 aliphatic rings. The number of halogens is 1. The predicted octanol–water partition coefficient (Wildman–Crippen LogP) is 2.65. The summed E-state index contributed by atoms with van der Waals surface area (Å²) in [5.41, 5.74) is 0.942. The van der Waals surface area contributed by atoms with Crippen LogP contribution in [0.15, 0.2) is 59.5 Å². The van der Waals surface area contributed by atoms with Gasteiger partial charge < -0.3 is 4.90 Å². The molecule has 32 heavy (non-hydrogen) atoms. The van der Waals surface area contributed by atoms with E-state index < -0.39 is 20.0 Å². The first-order chi connectivity index (χ1) is 15.1. The normalized spacial score (nSPS) is 15.8. The summed E-state index contributed by atoms with van der Waals surface area (Å²) in [7, 11) is -7.06. The highest BCUT2D eigenvalue weighted by molar-refractivity contribution is 7.92. The Morgan fingerprint density at radius 1 is 1.00 bits per heavy atom. The van der Waals surface area contributed by atoms with Crippen molar-refractivity contribution >= 4 is 49.3 Å². The van der Waals surface area contributed by atoms with Crippen LogP contribution in [0.5, 0.6) is 0 Å². The molecular weight excluding hydrogens is 474 g/mol. The topological polar surface area (TPSA) is 104 Å². The molecule has 172 valence electrons. The summed E-state index contributed by atoms with van der Waals surface area (Å²) in [4.78, 5) is 14.1. The van der Waals surface area contributed by atoms with E-state index in [1.165, 1.54) is 22.5 Å². The number of para-hydroxylation sites is 1. The average Bonchev–Trinajstić information content (AvgIpc) is 2.79. The fraction of sp³-hybridized carbons (Fsp3) is 0.286. The molecule has 8 nitrogen and oxygen atoms in total. The van der Waals surface area contributed by atoms with Gasteiger partial charge in [-0.1, -0.05) is 35.9 Å². The van der Waals surface area contributed by atoms with Crippen molar-refractivity contribution < 1.29 is 21.6 Å². The van der Waals surface area contributed by atoms with Gasteiger partial charge >= 0.3 is 0 Å². The van der Waals surface area contributed by atoms with E-state index in [2.05, 4.69) is 4.72 Å². The summed E-state index contributed by atoms with van der Waals surface area (Å²) in [5, 5.41) is 0.294. The minimum atomic E-state index is -3.81. The molecule has 1 amide bonds. The number of sulfonamides is 2. The zero-order chi connectivity index (χ0) is 23.4. The Morgan fingerprint density at radius 3 is 2.22 bits per heavy atom. The van der Waals surface area contributed by atoms with Crippen molar-refractivity contribution in [2.75, 3.05) is 36.7 Å². The minimum absolute atomic E-state index is 0.0421. The monoisotopic (exact) mass is 497 g/mol. The average molecular weight is 498 g/mol. The van der Waals surface area contributed by atoms with Crippen molar-refractivity contribution in [3.8, 4) is 0 Å². The lowest BCUT2D eigenvalue weighted by Crippen LogP contribution is -2.50. The third kappa shape index (κ3) is 5.89. The van der Waals surface area contributed by atoms with E-state index in [0.29, 0.717) is 23.7 Å². The first kappa shape index (κ1) is 24.2. The van der Waals surface area contributed by atoms with Crippen molar-refractivity contribution in [2.24, 2.45) is 0 Å². The summed E-state index contributed by atoms with van der Waals surface area (Å²) in [5.74, 6) is -0.184. The van der Waals surface area contributed by atoms with Crippen LogP contribution in [-0.4, -0.2) is 63.9 Å². The predicted molar refractivity (Wildman–Crippen MR) is 125 cm³/mol. The van der Waals surface area contributed by atoms with Gasteiger partial charge in [0.05, 0.1) is 21.4 Å².